The third kappa shape index (κ3) is 3.39. The van der Waals surface area contributed by atoms with Crippen molar-refractivity contribution in [1.82, 2.24) is 14.8 Å². The van der Waals surface area contributed by atoms with E-state index in [0.29, 0.717) is 18.7 Å². The van der Waals surface area contributed by atoms with Crippen LogP contribution in [0.4, 0.5) is 4.39 Å². The zero-order chi connectivity index (χ0) is 20.7. The smallest absolute Gasteiger partial charge is 0.274 e. The second-order valence-electron chi connectivity index (χ2n) is 7.65. The minimum absolute atomic E-state index is 0.0609. The lowest BCUT2D eigenvalue weighted by Crippen LogP contribution is -2.44. The van der Waals surface area contributed by atoms with E-state index in [1.54, 1.807) is 28.5 Å². The molecule has 1 aromatic heterocycles. The Hall–Kier alpha value is -3.16. The predicted molar refractivity (Wildman–Crippen MR) is 103 cm³/mol. The van der Waals surface area contributed by atoms with Gasteiger partial charge in [-0.3, -0.25) is 14.4 Å². The summed E-state index contributed by atoms with van der Waals surface area (Å²) in [5, 5.41) is 13.0. The number of nitrogens with one attached hydrogen (secondary N) is 1. The first kappa shape index (κ1) is 19.2. The highest BCUT2D eigenvalue weighted by Gasteiger charge is 2.36. The molecular weight excluding hydrogens is 377 g/mol. The number of aromatic hydroxyl groups is 1. The number of fused-ring (bicyclic) bond motifs is 4. The molecule has 29 heavy (non-hydrogen) atoms. The third-order valence-electron chi connectivity index (χ3n) is 5.63. The van der Waals surface area contributed by atoms with Crippen LogP contribution in [-0.2, 0) is 6.54 Å². The van der Waals surface area contributed by atoms with E-state index in [2.05, 4.69) is 5.32 Å². The fourth-order valence-electron chi connectivity index (χ4n) is 4.03. The molecule has 1 atom stereocenters. The maximum Gasteiger partial charge on any atom is 0.274 e. The van der Waals surface area contributed by atoms with Crippen LogP contribution in [0.5, 0.6) is 5.75 Å². The number of carbonyl (C=O) groups is 2. The van der Waals surface area contributed by atoms with Crippen LogP contribution in [0.25, 0.3) is 0 Å². The van der Waals surface area contributed by atoms with Crippen molar-refractivity contribution in [3.8, 4) is 5.75 Å². The van der Waals surface area contributed by atoms with Crippen molar-refractivity contribution < 1.29 is 19.1 Å². The van der Waals surface area contributed by atoms with Gasteiger partial charge in [-0.1, -0.05) is 12.1 Å². The molecule has 2 amide bonds. The molecule has 152 valence electrons. The normalized spacial score (nSPS) is 18.2. The van der Waals surface area contributed by atoms with Crippen molar-refractivity contribution in [3.63, 3.8) is 0 Å². The molecule has 2 aliphatic heterocycles. The molecule has 1 aromatic carbocycles. The van der Waals surface area contributed by atoms with Gasteiger partial charge in [0.2, 0.25) is 5.43 Å². The zero-order valence-electron chi connectivity index (χ0n) is 16.1. The number of nitrogens with zero attached hydrogens (tertiary/aromatic N) is 2. The molecule has 0 saturated carbocycles. The van der Waals surface area contributed by atoms with Gasteiger partial charge in [0, 0.05) is 31.4 Å². The molecule has 1 fully saturated rings. The Balaban J connectivity index is 1.66. The van der Waals surface area contributed by atoms with Gasteiger partial charge in [-0.05, 0) is 37.8 Å². The molecule has 7 nitrogen and oxygen atoms in total. The summed E-state index contributed by atoms with van der Waals surface area (Å²) in [7, 11) is 0. The van der Waals surface area contributed by atoms with Crippen molar-refractivity contribution in [2.45, 2.75) is 38.8 Å². The molecule has 0 spiro atoms. The fraction of sp³-hybridized carbons (Fsp3) is 0.381. The van der Waals surface area contributed by atoms with E-state index in [4.69, 9.17) is 0 Å². The minimum Gasteiger partial charge on any atom is -0.503 e. The standard InChI is InChI=1S/C21H22FN3O4/c1-12-5-6-13(16(22)8-12)9-23-20(28)15-11-25-14-4-2-3-7-24(10-14)21(29)17(25)19(27)18(15)26/h5-6,8,11,14,27H,2-4,7,9-10H2,1H3,(H,23,28). The van der Waals surface area contributed by atoms with Crippen molar-refractivity contribution in [2.24, 2.45) is 0 Å². The van der Waals surface area contributed by atoms with Crippen LogP contribution < -0.4 is 10.7 Å². The lowest BCUT2D eigenvalue weighted by Gasteiger charge is -2.34. The average Bonchev–Trinajstić information content (AvgIpc) is 2.91. The molecule has 2 N–H and O–H groups in total. The topological polar surface area (TPSA) is 91.6 Å². The van der Waals surface area contributed by atoms with Gasteiger partial charge in [0.25, 0.3) is 11.8 Å². The molecule has 8 heteroatoms. The Morgan fingerprint density at radius 3 is 2.86 bits per heavy atom. The molecular formula is C21H22FN3O4. The number of hydrogen-bond donors (Lipinski definition) is 2. The van der Waals surface area contributed by atoms with E-state index in [9.17, 15) is 23.9 Å². The van der Waals surface area contributed by atoms with E-state index in [1.165, 1.54) is 12.3 Å². The Kier molecular flexibility index (Phi) is 4.86. The van der Waals surface area contributed by atoms with Gasteiger partial charge in [-0.15, -0.1) is 0 Å². The number of halogens is 1. The van der Waals surface area contributed by atoms with Crippen LogP contribution in [0.15, 0.2) is 29.2 Å². The Morgan fingerprint density at radius 2 is 2.10 bits per heavy atom. The molecule has 4 rings (SSSR count). The highest BCUT2D eigenvalue weighted by molar-refractivity contribution is 5.99. The van der Waals surface area contributed by atoms with E-state index in [1.807, 2.05) is 0 Å². The quantitative estimate of drug-likeness (QED) is 0.827. The summed E-state index contributed by atoms with van der Waals surface area (Å²) >= 11 is 0. The lowest BCUT2D eigenvalue weighted by atomic mass is 10.1. The largest absolute Gasteiger partial charge is 0.503 e. The number of hydrogen-bond acceptors (Lipinski definition) is 4. The minimum atomic E-state index is -0.897. The Bertz CT molecular complexity index is 1060. The maximum absolute atomic E-state index is 14.0. The third-order valence-corrected chi connectivity index (χ3v) is 5.63. The predicted octanol–water partition coefficient (Wildman–Crippen LogP) is 2.11. The first-order chi connectivity index (χ1) is 13.9. The first-order valence-corrected chi connectivity index (χ1v) is 9.67. The second-order valence-corrected chi connectivity index (χ2v) is 7.65. The van der Waals surface area contributed by atoms with Crippen molar-refractivity contribution in [3.05, 3.63) is 62.8 Å². The molecule has 0 aliphatic carbocycles. The first-order valence-electron chi connectivity index (χ1n) is 9.67. The van der Waals surface area contributed by atoms with E-state index < -0.39 is 28.8 Å². The van der Waals surface area contributed by atoms with Crippen LogP contribution in [0, 0.1) is 12.7 Å². The number of aryl methyl sites for hydroxylation is 1. The van der Waals surface area contributed by atoms with Crippen molar-refractivity contribution in [1.29, 1.82) is 0 Å². The molecule has 0 radical (unpaired) electrons. The van der Waals surface area contributed by atoms with Crippen LogP contribution in [0.2, 0.25) is 0 Å². The second kappa shape index (κ2) is 7.35. The summed E-state index contributed by atoms with van der Waals surface area (Å²) in [6.45, 7) is 2.75. The monoisotopic (exact) mass is 399 g/mol. The average molecular weight is 399 g/mol. The number of benzene rings is 1. The zero-order valence-corrected chi connectivity index (χ0v) is 16.1. The van der Waals surface area contributed by atoms with Gasteiger partial charge in [0.1, 0.15) is 11.4 Å². The summed E-state index contributed by atoms with van der Waals surface area (Å²) in [5.41, 5.74) is -0.164. The lowest BCUT2D eigenvalue weighted by molar-refractivity contribution is 0.0677. The van der Waals surface area contributed by atoms with Crippen molar-refractivity contribution >= 4 is 11.8 Å². The molecule has 1 saturated heterocycles. The molecule has 1 unspecified atom stereocenters. The van der Waals surface area contributed by atoms with Crippen molar-refractivity contribution in [2.75, 3.05) is 13.1 Å². The Morgan fingerprint density at radius 1 is 1.31 bits per heavy atom. The van der Waals surface area contributed by atoms with E-state index >= 15 is 0 Å². The maximum atomic E-state index is 14.0. The molecule has 2 bridgehead atoms. The number of rotatable bonds is 3. The molecule has 2 aliphatic rings. The fourth-order valence-corrected chi connectivity index (χ4v) is 4.03. The van der Waals surface area contributed by atoms with Gasteiger partial charge < -0.3 is 19.9 Å². The number of aromatic nitrogens is 1. The summed E-state index contributed by atoms with van der Waals surface area (Å²) in [5.74, 6) is -2.27. The highest BCUT2D eigenvalue weighted by atomic mass is 19.1. The van der Waals surface area contributed by atoms with Gasteiger partial charge in [0.15, 0.2) is 11.4 Å². The Labute approximate surface area is 166 Å². The van der Waals surface area contributed by atoms with Gasteiger partial charge in [0.05, 0.1) is 6.04 Å². The summed E-state index contributed by atoms with van der Waals surface area (Å²) in [6, 6.07) is 4.57. The SMILES string of the molecule is Cc1ccc(CNC(=O)c2cn3c(c(O)c2=O)C(=O)N2CCCCC3C2)c(F)c1. The van der Waals surface area contributed by atoms with Crippen LogP contribution >= 0.6 is 0 Å². The molecule has 2 aromatic rings. The highest BCUT2D eigenvalue weighted by Crippen LogP contribution is 2.31. The molecule has 3 heterocycles. The van der Waals surface area contributed by atoms with Gasteiger partial charge in [-0.25, -0.2) is 4.39 Å². The van der Waals surface area contributed by atoms with Gasteiger partial charge >= 0.3 is 0 Å². The number of pyridine rings is 1. The van der Waals surface area contributed by atoms with Gasteiger partial charge in [-0.2, -0.15) is 0 Å². The summed E-state index contributed by atoms with van der Waals surface area (Å²) < 4.78 is 15.6. The van der Waals surface area contributed by atoms with E-state index in [0.717, 1.165) is 24.8 Å². The van der Waals surface area contributed by atoms with E-state index in [-0.39, 0.29) is 23.8 Å². The summed E-state index contributed by atoms with van der Waals surface area (Å²) in [6.07, 6.45) is 3.91. The summed E-state index contributed by atoms with van der Waals surface area (Å²) in [4.78, 5) is 39.5. The number of carbonyl (C=O) groups excluding carboxylic acids is 2. The van der Waals surface area contributed by atoms with Crippen LogP contribution in [0.3, 0.4) is 0 Å². The van der Waals surface area contributed by atoms with Crippen LogP contribution in [0.1, 0.15) is 57.3 Å². The van der Waals surface area contributed by atoms with Crippen LogP contribution in [-0.4, -0.2) is 39.5 Å². The number of amides is 2.